The fourth-order valence-electron chi connectivity index (χ4n) is 3.48. The van der Waals surface area contributed by atoms with Crippen molar-refractivity contribution in [2.75, 3.05) is 12.4 Å². The molecule has 0 bridgehead atoms. The topological polar surface area (TPSA) is 29.1 Å². The first-order valence-corrected chi connectivity index (χ1v) is 7.59. The molecule has 1 N–H and O–H groups in total. The van der Waals surface area contributed by atoms with Crippen LogP contribution in [-0.2, 0) is 4.79 Å². The first kappa shape index (κ1) is 13.2. The number of alkyl halides is 1. The van der Waals surface area contributed by atoms with Gasteiger partial charge in [-0.05, 0) is 43.4 Å². The summed E-state index contributed by atoms with van der Waals surface area (Å²) in [5.41, 5.74) is 0. The van der Waals surface area contributed by atoms with Crippen molar-refractivity contribution in [3.05, 3.63) is 0 Å². The van der Waals surface area contributed by atoms with E-state index in [2.05, 4.69) is 12.2 Å². The predicted molar refractivity (Wildman–Crippen MR) is 71.1 cm³/mol. The van der Waals surface area contributed by atoms with Crippen molar-refractivity contribution < 1.29 is 4.79 Å². The van der Waals surface area contributed by atoms with Crippen LogP contribution in [0.15, 0.2) is 0 Å². The van der Waals surface area contributed by atoms with Crippen LogP contribution in [-0.4, -0.2) is 18.3 Å². The Balaban J connectivity index is 1.76. The fourth-order valence-corrected chi connectivity index (χ4v) is 3.89. The molecule has 0 aromatic rings. The molecule has 2 fully saturated rings. The van der Waals surface area contributed by atoms with Gasteiger partial charge in [-0.1, -0.05) is 19.8 Å². The lowest BCUT2D eigenvalue weighted by molar-refractivity contribution is -0.126. The number of hydrogen-bond donors (Lipinski definition) is 1. The summed E-state index contributed by atoms with van der Waals surface area (Å²) < 4.78 is 0. The van der Waals surface area contributed by atoms with Gasteiger partial charge in [-0.2, -0.15) is 0 Å². The lowest BCUT2D eigenvalue weighted by atomic mass is 9.95. The predicted octanol–water partition coefficient (Wildman–Crippen LogP) is 3.19. The summed E-state index contributed by atoms with van der Waals surface area (Å²) in [5.74, 6) is 3.12. The third-order valence-electron chi connectivity index (χ3n) is 4.75. The maximum atomic E-state index is 12.1. The summed E-state index contributed by atoms with van der Waals surface area (Å²) in [5, 5.41) is 3.16. The molecule has 2 aliphatic carbocycles. The molecule has 0 heterocycles. The molecule has 2 aliphatic rings. The summed E-state index contributed by atoms with van der Waals surface area (Å²) in [7, 11) is 0. The minimum absolute atomic E-state index is 0.269. The quantitative estimate of drug-likeness (QED) is 0.770. The molecule has 0 radical (unpaired) electrons. The zero-order chi connectivity index (χ0) is 12.3. The molecule has 0 aromatic carbocycles. The molecular formula is C14H24ClNO. The number of nitrogens with one attached hydrogen (secondary N) is 1. The minimum Gasteiger partial charge on any atom is -0.356 e. The average molecular weight is 258 g/mol. The molecule has 98 valence electrons. The lowest BCUT2D eigenvalue weighted by Gasteiger charge is -2.20. The van der Waals surface area contributed by atoms with Gasteiger partial charge >= 0.3 is 0 Å². The van der Waals surface area contributed by atoms with Crippen LogP contribution in [0.3, 0.4) is 0 Å². The highest BCUT2D eigenvalue weighted by Gasteiger charge is 2.31. The van der Waals surface area contributed by atoms with E-state index in [1.165, 1.54) is 32.1 Å². The van der Waals surface area contributed by atoms with E-state index in [0.717, 1.165) is 18.8 Å². The third-order valence-corrected chi connectivity index (χ3v) is 5.15. The van der Waals surface area contributed by atoms with Crippen molar-refractivity contribution in [2.24, 2.45) is 23.7 Å². The second kappa shape index (κ2) is 6.08. The zero-order valence-electron chi connectivity index (χ0n) is 10.8. The molecule has 2 saturated carbocycles. The first-order chi connectivity index (χ1) is 8.22. The van der Waals surface area contributed by atoms with E-state index in [1.54, 1.807) is 0 Å². The van der Waals surface area contributed by atoms with Gasteiger partial charge in [0.05, 0.1) is 0 Å². The first-order valence-electron chi connectivity index (χ1n) is 7.06. The van der Waals surface area contributed by atoms with Crippen LogP contribution in [0.5, 0.6) is 0 Å². The maximum absolute atomic E-state index is 12.1. The number of halogens is 1. The van der Waals surface area contributed by atoms with Crippen LogP contribution in [0, 0.1) is 23.7 Å². The van der Waals surface area contributed by atoms with E-state index < -0.39 is 0 Å². The van der Waals surface area contributed by atoms with Gasteiger partial charge in [0.15, 0.2) is 0 Å². The standard InChI is InChI=1S/C14H24ClNO/c1-10-4-2-7-13(10)14(17)16-9-12-6-3-5-11(12)8-15/h10-13H,2-9H2,1H3,(H,16,17). The number of amides is 1. The number of carbonyl (C=O) groups is 1. The Labute approximate surface area is 109 Å². The highest BCUT2D eigenvalue weighted by Crippen LogP contribution is 2.33. The van der Waals surface area contributed by atoms with Gasteiger partial charge in [-0.3, -0.25) is 4.79 Å². The lowest BCUT2D eigenvalue weighted by Crippen LogP contribution is -2.36. The van der Waals surface area contributed by atoms with Gasteiger partial charge < -0.3 is 5.32 Å². The van der Waals surface area contributed by atoms with E-state index in [-0.39, 0.29) is 11.8 Å². The molecule has 3 heteroatoms. The van der Waals surface area contributed by atoms with Crippen molar-refractivity contribution >= 4 is 17.5 Å². The molecule has 4 atom stereocenters. The summed E-state index contributed by atoms with van der Waals surface area (Å²) >= 11 is 5.96. The fraction of sp³-hybridized carbons (Fsp3) is 0.929. The SMILES string of the molecule is CC1CCCC1C(=O)NCC1CCCC1CCl. The smallest absolute Gasteiger partial charge is 0.223 e. The van der Waals surface area contributed by atoms with Gasteiger partial charge in [0.1, 0.15) is 0 Å². The summed E-state index contributed by atoms with van der Waals surface area (Å²) in [6.45, 7) is 3.05. The van der Waals surface area contributed by atoms with Crippen molar-refractivity contribution in [2.45, 2.75) is 45.4 Å². The molecule has 2 rings (SSSR count). The summed E-state index contributed by atoms with van der Waals surface area (Å²) in [4.78, 5) is 12.1. The van der Waals surface area contributed by atoms with Crippen LogP contribution in [0.25, 0.3) is 0 Å². The van der Waals surface area contributed by atoms with Crippen molar-refractivity contribution in [1.82, 2.24) is 5.32 Å². The molecule has 0 aliphatic heterocycles. The van der Waals surface area contributed by atoms with Crippen LogP contribution >= 0.6 is 11.6 Å². The molecule has 1 amide bonds. The van der Waals surface area contributed by atoms with Crippen molar-refractivity contribution in [3.8, 4) is 0 Å². The Kier molecular flexibility index (Phi) is 4.72. The van der Waals surface area contributed by atoms with Gasteiger partial charge in [-0.15, -0.1) is 11.6 Å². The van der Waals surface area contributed by atoms with E-state index >= 15 is 0 Å². The Hall–Kier alpha value is -0.240. The largest absolute Gasteiger partial charge is 0.356 e. The van der Waals surface area contributed by atoms with Crippen LogP contribution in [0.4, 0.5) is 0 Å². The number of carbonyl (C=O) groups excluding carboxylic acids is 1. The molecule has 0 saturated heterocycles. The van der Waals surface area contributed by atoms with Crippen LogP contribution < -0.4 is 5.32 Å². The van der Waals surface area contributed by atoms with Gasteiger partial charge in [0, 0.05) is 18.3 Å². The maximum Gasteiger partial charge on any atom is 0.223 e. The second-order valence-corrected chi connectivity index (χ2v) is 6.17. The van der Waals surface area contributed by atoms with Gasteiger partial charge in [0.2, 0.25) is 5.91 Å². The Morgan fingerprint density at radius 2 is 1.88 bits per heavy atom. The van der Waals surface area contributed by atoms with Gasteiger partial charge in [-0.25, -0.2) is 0 Å². The normalized spacial score (nSPS) is 37.3. The highest BCUT2D eigenvalue weighted by atomic mass is 35.5. The van der Waals surface area contributed by atoms with Crippen LogP contribution in [0.2, 0.25) is 0 Å². The zero-order valence-corrected chi connectivity index (χ0v) is 11.5. The van der Waals surface area contributed by atoms with E-state index in [1.807, 2.05) is 0 Å². The molecule has 17 heavy (non-hydrogen) atoms. The van der Waals surface area contributed by atoms with Gasteiger partial charge in [0.25, 0.3) is 0 Å². The molecule has 0 aromatic heterocycles. The molecular weight excluding hydrogens is 234 g/mol. The monoisotopic (exact) mass is 257 g/mol. The Morgan fingerprint density at radius 1 is 1.18 bits per heavy atom. The summed E-state index contributed by atoms with van der Waals surface area (Å²) in [6, 6.07) is 0. The molecule has 2 nitrogen and oxygen atoms in total. The Morgan fingerprint density at radius 3 is 2.53 bits per heavy atom. The number of hydrogen-bond acceptors (Lipinski definition) is 1. The Bertz CT molecular complexity index is 269. The summed E-state index contributed by atoms with van der Waals surface area (Å²) in [6.07, 6.45) is 7.26. The minimum atomic E-state index is 0.269. The second-order valence-electron chi connectivity index (χ2n) is 5.87. The average Bonchev–Trinajstić information content (AvgIpc) is 2.94. The van der Waals surface area contributed by atoms with Crippen molar-refractivity contribution in [1.29, 1.82) is 0 Å². The molecule has 4 unspecified atom stereocenters. The van der Waals surface area contributed by atoms with E-state index in [9.17, 15) is 4.79 Å². The van der Waals surface area contributed by atoms with Crippen LogP contribution in [0.1, 0.15) is 45.4 Å². The highest BCUT2D eigenvalue weighted by molar-refractivity contribution is 6.18. The number of rotatable bonds is 4. The molecule has 0 spiro atoms. The van der Waals surface area contributed by atoms with E-state index in [4.69, 9.17) is 11.6 Å². The van der Waals surface area contributed by atoms with E-state index in [0.29, 0.717) is 17.8 Å². The third kappa shape index (κ3) is 3.15. The van der Waals surface area contributed by atoms with Crippen molar-refractivity contribution in [3.63, 3.8) is 0 Å².